The Balaban J connectivity index is 3.02. The molecule has 0 N–H and O–H groups in total. The van der Waals surface area contributed by atoms with E-state index in [1.165, 1.54) is 19.1 Å². The Morgan fingerprint density at radius 3 is 2.50 bits per heavy atom. The highest BCUT2D eigenvalue weighted by Crippen LogP contribution is 2.31. The molecule has 2 nitrogen and oxygen atoms in total. The topological polar surface area (TPSA) is 26.3 Å². The number of ether oxygens (including phenoxy) is 1. The molecule has 0 saturated carbocycles. The lowest BCUT2D eigenvalue weighted by Crippen LogP contribution is -2.05. The monoisotopic (exact) mass is 356 g/mol. The summed E-state index contributed by atoms with van der Waals surface area (Å²) in [5.74, 6) is -0.0915. The Hall–Kier alpha value is -0.490. The second-order valence-corrected chi connectivity index (χ2v) is 4.90. The van der Waals surface area contributed by atoms with Crippen LogP contribution < -0.4 is 4.74 Å². The van der Waals surface area contributed by atoms with Crippen LogP contribution in [0.5, 0.6) is 5.75 Å². The molecule has 0 bridgehead atoms. The van der Waals surface area contributed by atoms with Crippen molar-refractivity contribution < 1.29 is 18.3 Å². The molecule has 0 aromatic heterocycles. The van der Waals surface area contributed by atoms with Gasteiger partial charge in [0.05, 0.1) is 4.83 Å². The molecule has 0 aliphatic carbocycles. The van der Waals surface area contributed by atoms with Crippen LogP contribution >= 0.6 is 31.9 Å². The summed E-state index contributed by atoms with van der Waals surface area (Å²) in [5.41, 5.74) is 0.567. The summed E-state index contributed by atoms with van der Waals surface area (Å²) in [7, 11) is 0. The smallest absolute Gasteiger partial charge is 0.387 e. The standard InChI is InChI=1S/C10H8Br2F2O2/c1-5(15)9(12)6-2-7(11)4-8(3-6)16-10(13)14/h2-4,9-10H,1H3. The molecule has 0 radical (unpaired) electrons. The third-order valence-corrected chi connectivity index (χ3v) is 3.40. The van der Waals surface area contributed by atoms with Gasteiger partial charge in [-0.2, -0.15) is 8.78 Å². The molecule has 1 aromatic carbocycles. The zero-order chi connectivity index (χ0) is 12.3. The predicted molar refractivity (Wildman–Crippen MR) is 63.1 cm³/mol. The van der Waals surface area contributed by atoms with Gasteiger partial charge in [-0.05, 0) is 30.7 Å². The van der Waals surface area contributed by atoms with Crippen LogP contribution in [0.15, 0.2) is 22.7 Å². The summed E-state index contributed by atoms with van der Waals surface area (Å²) in [6.07, 6.45) is 0. The van der Waals surface area contributed by atoms with Crippen molar-refractivity contribution >= 4 is 37.6 Å². The molecule has 6 heteroatoms. The Morgan fingerprint density at radius 1 is 1.38 bits per heavy atom. The number of benzene rings is 1. The molecule has 1 atom stereocenters. The quantitative estimate of drug-likeness (QED) is 0.759. The highest BCUT2D eigenvalue weighted by atomic mass is 79.9. The van der Waals surface area contributed by atoms with Crippen molar-refractivity contribution in [3.63, 3.8) is 0 Å². The van der Waals surface area contributed by atoms with Crippen LogP contribution in [0.4, 0.5) is 8.78 Å². The number of carbonyl (C=O) groups excluding carboxylic acids is 1. The van der Waals surface area contributed by atoms with Crippen LogP contribution in [0.2, 0.25) is 0 Å². The highest BCUT2D eigenvalue weighted by molar-refractivity contribution is 9.10. The van der Waals surface area contributed by atoms with Gasteiger partial charge in [-0.25, -0.2) is 0 Å². The number of hydrogen-bond donors (Lipinski definition) is 0. The van der Waals surface area contributed by atoms with Crippen LogP contribution in [0.1, 0.15) is 17.3 Å². The fourth-order valence-corrected chi connectivity index (χ4v) is 1.89. The average molecular weight is 358 g/mol. The zero-order valence-electron chi connectivity index (χ0n) is 8.22. The van der Waals surface area contributed by atoms with E-state index >= 15 is 0 Å². The lowest BCUT2D eigenvalue weighted by Gasteiger charge is -2.10. The second-order valence-electron chi connectivity index (χ2n) is 3.07. The third kappa shape index (κ3) is 3.83. The molecular weight excluding hydrogens is 350 g/mol. The van der Waals surface area contributed by atoms with E-state index in [9.17, 15) is 13.6 Å². The van der Waals surface area contributed by atoms with E-state index in [-0.39, 0.29) is 11.5 Å². The summed E-state index contributed by atoms with van der Waals surface area (Å²) in [6, 6.07) is 4.48. The summed E-state index contributed by atoms with van der Waals surface area (Å²) in [4.78, 5) is 10.6. The van der Waals surface area contributed by atoms with E-state index in [1.54, 1.807) is 6.07 Å². The Kier molecular flexibility index (Phi) is 4.86. The molecule has 16 heavy (non-hydrogen) atoms. The van der Waals surface area contributed by atoms with Crippen LogP contribution in [-0.2, 0) is 4.79 Å². The van der Waals surface area contributed by atoms with E-state index in [0.29, 0.717) is 10.0 Å². The van der Waals surface area contributed by atoms with Gasteiger partial charge < -0.3 is 4.74 Å². The van der Waals surface area contributed by atoms with E-state index < -0.39 is 11.4 Å². The molecule has 0 aliphatic rings. The first-order valence-corrected chi connectivity index (χ1v) is 6.01. The van der Waals surface area contributed by atoms with Gasteiger partial charge in [0.2, 0.25) is 0 Å². The maximum absolute atomic E-state index is 12.0. The fraction of sp³-hybridized carbons (Fsp3) is 0.300. The fourth-order valence-electron chi connectivity index (χ4n) is 1.14. The summed E-state index contributed by atoms with van der Waals surface area (Å²) >= 11 is 6.33. The largest absolute Gasteiger partial charge is 0.435 e. The van der Waals surface area contributed by atoms with E-state index in [2.05, 4.69) is 36.6 Å². The molecule has 1 aromatic rings. The molecule has 0 spiro atoms. The number of hydrogen-bond acceptors (Lipinski definition) is 2. The number of Topliss-reactive ketones (excluding diaryl/α,β-unsaturated/α-hetero) is 1. The number of alkyl halides is 3. The maximum Gasteiger partial charge on any atom is 0.387 e. The highest BCUT2D eigenvalue weighted by Gasteiger charge is 2.15. The minimum atomic E-state index is -2.88. The van der Waals surface area contributed by atoms with Gasteiger partial charge in [0.15, 0.2) is 0 Å². The van der Waals surface area contributed by atoms with Gasteiger partial charge in [0.1, 0.15) is 11.5 Å². The van der Waals surface area contributed by atoms with Crippen LogP contribution in [0.25, 0.3) is 0 Å². The van der Waals surface area contributed by atoms with Gasteiger partial charge in [-0.15, -0.1) is 0 Å². The minimum absolute atomic E-state index is 0.0186. The number of rotatable bonds is 4. The minimum Gasteiger partial charge on any atom is -0.435 e. The van der Waals surface area contributed by atoms with Gasteiger partial charge in [-0.3, -0.25) is 4.79 Å². The SMILES string of the molecule is CC(=O)C(Br)c1cc(Br)cc(OC(F)F)c1. The number of ketones is 1. The predicted octanol–water partition coefficient (Wildman–Crippen LogP) is 4.08. The van der Waals surface area contributed by atoms with Crippen molar-refractivity contribution in [3.8, 4) is 5.75 Å². The van der Waals surface area contributed by atoms with Gasteiger partial charge in [0.25, 0.3) is 0 Å². The van der Waals surface area contributed by atoms with E-state index in [0.717, 1.165) is 0 Å². The molecule has 1 rings (SSSR count). The molecule has 88 valence electrons. The molecule has 0 aliphatic heterocycles. The average Bonchev–Trinajstić information content (AvgIpc) is 2.14. The number of carbonyl (C=O) groups is 1. The number of halogens is 4. The van der Waals surface area contributed by atoms with Crippen molar-refractivity contribution in [3.05, 3.63) is 28.2 Å². The molecule has 0 heterocycles. The summed E-state index contributed by atoms with van der Waals surface area (Å²) in [5, 5.41) is 0. The van der Waals surface area contributed by atoms with Gasteiger partial charge >= 0.3 is 6.61 Å². The zero-order valence-corrected chi connectivity index (χ0v) is 11.4. The molecular formula is C10H8Br2F2O2. The third-order valence-electron chi connectivity index (χ3n) is 1.77. The Bertz CT molecular complexity index is 396. The van der Waals surface area contributed by atoms with E-state index in [1.807, 2.05) is 0 Å². The van der Waals surface area contributed by atoms with Crippen LogP contribution in [0.3, 0.4) is 0 Å². The first-order valence-electron chi connectivity index (χ1n) is 4.30. The molecule has 0 saturated heterocycles. The lowest BCUT2D eigenvalue weighted by molar-refractivity contribution is -0.116. The summed E-state index contributed by atoms with van der Waals surface area (Å²) < 4.78 is 28.9. The van der Waals surface area contributed by atoms with Crippen LogP contribution in [-0.4, -0.2) is 12.4 Å². The summed E-state index contributed by atoms with van der Waals surface area (Å²) in [6.45, 7) is -1.47. The van der Waals surface area contributed by atoms with E-state index in [4.69, 9.17) is 0 Å². The molecule has 0 fully saturated rings. The second kappa shape index (κ2) is 5.72. The first kappa shape index (κ1) is 13.6. The van der Waals surface area contributed by atoms with Crippen molar-refractivity contribution in [1.82, 2.24) is 0 Å². The van der Waals surface area contributed by atoms with Gasteiger partial charge in [-0.1, -0.05) is 31.9 Å². The molecule has 0 amide bonds. The molecule has 1 unspecified atom stereocenters. The Morgan fingerprint density at radius 2 is 2.00 bits per heavy atom. The van der Waals surface area contributed by atoms with Crippen molar-refractivity contribution in [1.29, 1.82) is 0 Å². The van der Waals surface area contributed by atoms with Crippen molar-refractivity contribution in [2.24, 2.45) is 0 Å². The first-order chi connectivity index (χ1) is 7.40. The van der Waals surface area contributed by atoms with Crippen LogP contribution in [0, 0.1) is 0 Å². The van der Waals surface area contributed by atoms with Crippen molar-refractivity contribution in [2.45, 2.75) is 18.4 Å². The lowest BCUT2D eigenvalue weighted by atomic mass is 10.1. The maximum atomic E-state index is 12.0. The normalized spacial score (nSPS) is 12.6. The van der Waals surface area contributed by atoms with Gasteiger partial charge in [0, 0.05) is 4.47 Å². The van der Waals surface area contributed by atoms with Crippen molar-refractivity contribution in [2.75, 3.05) is 0 Å². The Labute approximate surface area is 108 Å².